The highest BCUT2D eigenvalue weighted by atomic mass is 35.5. The Bertz CT molecular complexity index is 1180. The number of thiazole rings is 1. The van der Waals surface area contributed by atoms with Gasteiger partial charge in [-0.1, -0.05) is 41.1 Å². The molecule has 10 heteroatoms. The first kappa shape index (κ1) is 19.4. The molecule has 29 heavy (non-hydrogen) atoms. The molecule has 2 heterocycles. The normalized spacial score (nSPS) is 12.2. The van der Waals surface area contributed by atoms with E-state index in [-0.39, 0.29) is 10.8 Å². The first-order valence-electron chi connectivity index (χ1n) is 8.40. The topological polar surface area (TPSA) is 55.1 Å². The Kier molecular flexibility index (Phi) is 5.01. The van der Waals surface area contributed by atoms with Crippen molar-refractivity contribution in [2.75, 3.05) is 5.43 Å². The summed E-state index contributed by atoms with van der Waals surface area (Å²) in [5.41, 5.74) is 4.18. The predicted octanol–water partition coefficient (Wildman–Crippen LogP) is 5.91. The van der Waals surface area contributed by atoms with E-state index in [9.17, 15) is 13.2 Å². The molecule has 148 valence electrons. The third-order valence-electron chi connectivity index (χ3n) is 4.11. The molecule has 0 aliphatic heterocycles. The van der Waals surface area contributed by atoms with Gasteiger partial charge in [0.1, 0.15) is 5.15 Å². The molecule has 0 aliphatic carbocycles. The van der Waals surface area contributed by atoms with Gasteiger partial charge < -0.3 is 0 Å². The van der Waals surface area contributed by atoms with Gasteiger partial charge in [-0.05, 0) is 37.3 Å². The number of fused-ring (bicyclic) bond motifs is 1. The fourth-order valence-corrected chi connectivity index (χ4v) is 3.85. The maximum absolute atomic E-state index is 13.0. The zero-order valence-corrected chi connectivity index (χ0v) is 16.5. The molecule has 2 aromatic carbocycles. The summed E-state index contributed by atoms with van der Waals surface area (Å²) < 4.78 is 41.2. The van der Waals surface area contributed by atoms with Crippen molar-refractivity contribution in [1.29, 1.82) is 0 Å². The molecule has 0 atom stereocenters. The minimum Gasteiger partial charge on any atom is -0.253 e. The van der Waals surface area contributed by atoms with Crippen molar-refractivity contribution in [3.05, 3.63) is 70.5 Å². The van der Waals surface area contributed by atoms with Crippen LogP contribution in [0.25, 0.3) is 15.9 Å². The quantitative estimate of drug-likeness (QED) is 0.320. The maximum Gasteiger partial charge on any atom is 0.416 e. The van der Waals surface area contributed by atoms with Crippen molar-refractivity contribution in [2.24, 2.45) is 5.10 Å². The zero-order chi connectivity index (χ0) is 20.6. The van der Waals surface area contributed by atoms with E-state index in [4.69, 9.17) is 11.6 Å². The summed E-state index contributed by atoms with van der Waals surface area (Å²) in [7, 11) is 0. The Morgan fingerprint density at radius 1 is 1.17 bits per heavy atom. The number of nitrogens with one attached hydrogen (secondary N) is 1. The lowest BCUT2D eigenvalue weighted by Gasteiger charge is -2.09. The van der Waals surface area contributed by atoms with Crippen LogP contribution in [-0.2, 0) is 6.18 Å². The van der Waals surface area contributed by atoms with Gasteiger partial charge in [0.05, 0.1) is 38.9 Å². The van der Waals surface area contributed by atoms with Gasteiger partial charge in [0, 0.05) is 0 Å². The van der Waals surface area contributed by atoms with Gasteiger partial charge in [0.2, 0.25) is 5.13 Å². The molecule has 0 aliphatic rings. The standard InChI is InChI=1S/C19H13ClF3N5S/c1-11-14(10-24-26-18-25-15-7-2-3-8-16(15)29-18)17(20)28(27-11)13-6-4-5-12(9-13)19(21,22)23/h2-10H,1H3,(H,25,26)/b24-10+. The minimum absolute atomic E-state index is 0.164. The number of hydrazone groups is 1. The molecule has 0 unspecified atom stereocenters. The van der Waals surface area contributed by atoms with Crippen molar-refractivity contribution in [3.63, 3.8) is 0 Å². The summed E-state index contributed by atoms with van der Waals surface area (Å²) >= 11 is 7.81. The van der Waals surface area contributed by atoms with E-state index in [1.165, 1.54) is 34.4 Å². The fourth-order valence-electron chi connectivity index (χ4n) is 2.71. The van der Waals surface area contributed by atoms with Gasteiger partial charge in [-0.25, -0.2) is 9.67 Å². The molecule has 1 N–H and O–H groups in total. The monoisotopic (exact) mass is 435 g/mol. The Morgan fingerprint density at radius 3 is 2.72 bits per heavy atom. The molecule has 0 saturated carbocycles. The summed E-state index contributed by atoms with van der Waals surface area (Å²) in [5, 5.41) is 9.17. The number of nitrogens with zero attached hydrogens (tertiary/aromatic N) is 4. The molecule has 4 rings (SSSR count). The SMILES string of the molecule is Cc1nn(-c2cccc(C(F)(F)F)c2)c(Cl)c1/C=N/Nc1nc2ccccc2s1. The molecule has 0 fully saturated rings. The fraction of sp³-hybridized carbons (Fsp3) is 0.105. The van der Waals surface area contributed by atoms with Crippen molar-refractivity contribution in [1.82, 2.24) is 14.8 Å². The molecular weight excluding hydrogens is 423 g/mol. The highest BCUT2D eigenvalue weighted by molar-refractivity contribution is 7.22. The second-order valence-electron chi connectivity index (χ2n) is 6.11. The average molecular weight is 436 g/mol. The van der Waals surface area contributed by atoms with Crippen LogP contribution in [0, 0.1) is 6.92 Å². The summed E-state index contributed by atoms with van der Waals surface area (Å²) in [6.45, 7) is 1.70. The number of halogens is 4. The highest BCUT2D eigenvalue weighted by Gasteiger charge is 2.30. The molecule has 0 spiro atoms. The van der Waals surface area contributed by atoms with Gasteiger partial charge >= 0.3 is 6.18 Å². The van der Waals surface area contributed by atoms with E-state index in [1.807, 2.05) is 24.3 Å². The van der Waals surface area contributed by atoms with E-state index in [0.29, 0.717) is 16.4 Å². The zero-order valence-electron chi connectivity index (χ0n) is 14.9. The van der Waals surface area contributed by atoms with E-state index in [1.54, 1.807) is 6.92 Å². The van der Waals surface area contributed by atoms with Crippen LogP contribution in [-0.4, -0.2) is 21.0 Å². The largest absolute Gasteiger partial charge is 0.416 e. The third-order valence-corrected chi connectivity index (χ3v) is 5.42. The van der Waals surface area contributed by atoms with E-state index >= 15 is 0 Å². The maximum atomic E-state index is 13.0. The first-order chi connectivity index (χ1) is 13.8. The number of anilines is 1. The van der Waals surface area contributed by atoms with E-state index < -0.39 is 11.7 Å². The van der Waals surface area contributed by atoms with Crippen LogP contribution in [0.2, 0.25) is 5.15 Å². The number of aryl methyl sites for hydroxylation is 1. The summed E-state index contributed by atoms with van der Waals surface area (Å²) in [6, 6.07) is 12.5. The smallest absolute Gasteiger partial charge is 0.253 e. The van der Waals surface area contributed by atoms with Crippen LogP contribution in [0.1, 0.15) is 16.8 Å². The Balaban J connectivity index is 1.59. The number of hydrogen-bond acceptors (Lipinski definition) is 5. The number of alkyl halides is 3. The Hall–Kier alpha value is -2.91. The Labute approximate surface area is 172 Å². The predicted molar refractivity (Wildman–Crippen MR) is 109 cm³/mol. The lowest BCUT2D eigenvalue weighted by atomic mass is 10.2. The second-order valence-corrected chi connectivity index (χ2v) is 7.50. The highest BCUT2D eigenvalue weighted by Crippen LogP contribution is 2.31. The second kappa shape index (κ2) is 7.49. The van der Waals surface area contributed by atoms with Crippen molar-refractivity contribution in [3.8, 4) is 5.69 Å². The van der Waals surface area contributed by atoms with Gasteiger partial charge in [-0.3, -0.25) is 5.43 Å². The number of aromatic nitrogens is 3. The lowest BCUT2D eigenvalue weighted by molar-refractivity contribution is -0.137. The summed E-state index contributed by atoms with van der Waals surface area (Å²) in [4.78, 5) is 4.41. The van der Waals surface area contributed by atoms with Crippen LogP contribution in [0.15, 0.2) is 53.6 Å². The number of para-hydroxylation sites is 1. The molecule has 4 aromatic rings. The van der Waals surface area contributed by atoms with Crippen molar-refractivity contribution < 1.29 is 13.2 Å². The summed E-state index contributed by atoms with van der Waals surface area (Å²) in [5.74, 6) is 0. The number of rotatable bonds is 4. The first-order valence-corrected chi connectivity index (χ1v) is 9.60. The molecular formula is C19H13ClF3N5S. The molecule has 5 nitrogen and oxygen atoms in total. The van der Waals surface area contributed by atoms with E-state index in [2.05, 4.69) is 20.6 Å². The average Bonchev–Trinajstić information content (AvgIpc) is 3.22. The molecule has 0 saturated heterocycles. The Morgan fingerprint density at radius 2 is 1.97 bits per heavy atom. The molecule has 2 aromatic heterocycles. The molecule has 0 bridgehead atoms. The van der Waals surface area contributed by atoms with Crippen LogP contribution >= 0.6 is 22.9 Å². The van der Waals surface area contributed by atoms with Gasteiger partial charge in [-0.15, -0.1) is 0 Å². The van der Waals surface area contributed by atoms with Gasteiger partial charge in [-0.2, -0.15) is 23.4 Å². The van der Waals surface area contributed by atoms with E-state index in [0.717, 1.165) is 22.3 Å². The van der Waals surface area contributed by atoms with Crippen molar-refractivity contribution >= 4 is 44.5 Å². The molecule has 0 radical (unpaired) electrons. The number of benzene rings is 2. The van der Waals surface area contributed by atoms with Gasteiger partial charge in [0.15, 0.2) is 0 Å². The van der Waals surface area contributed by atoms with Crippen LogP contribution in [0.3, 0.4) is 0 Å². The lowest BCUT2D eigenvalue weighted by Crippen LogP contribution is -2.06. The minimum atomic E-state index is -4.45. The third kappa shape index (κ3) is 3.96. The van der Waals surface area contributed by atoms with Crippen LogP contribution in [0.4, 0.5) is 18.3 Å². The van der Waals surface area contributed by atoms with Gasteiger partial charge in [0.25, 0.3) is 0 Å². The summed E-state index contributed by atoms with van der Waals surface area (Å²) in [6.07, 6.45) is -2.98. The molecule has 0 amide bonds. The van der Waals surface area contributed by atoms with Crippen LogP contribution < -0.4 is 5.43 Å². The van der Waals surface area contributed by atoms with Crippen molar-refractivity contribution in [2.45, 2.75) is 13.1 Å². The number of hydrogen-bond donors (Lipinski definition) is 1. The van der Waals surface area contributed by atoms with Crippen LogP contribution in [0.5, 0.6) is 0 Å².